The molecular weight excluding hydrogens is 540 g/mol. The molecule has 0 aromatic rings. The molecular formula is C41H78O3. The molecule has 0 aromatic carbocycles. The summed E-state index contributed by atoms with van der Waals surface area (Å²) in [6.45, 7) is 5.54. The largest absolute Gasteiger partial charge is 0.508 e. The smallest absolute Gasteiger partial charge is 0.434 e. The summed E-state index contributed by atoms with van der Waals surface area (Å²) in [7, 11) is 0. The van der Waals surface area contributed by atoms with E-state index in [4.69, 9.17) is 9.47 Å². The molecule has 0 N–H and O–H groups in total. The van der Waals surface area contributed by atoms with Gasteiger partial charge in [-0.25, -0.2) is 4.79 Å². The standard InChI is InChI=1S/C41H78O3/c1-3-5-7-9-11-13-15-17-19-21-22-23-24-26-28-30-32-34-36-38-40-44-41(42)43-39-37-35-33-31-29-27-25-20-18-16-14-12-10-8-6-4-2/h12,14,18,20H,3-11,13,15-17,19,21-40H2,1-2H3. The van der Waals surface area contributed by atoms with Gasteiger partial charge in [-0.1, -0.05) is 199 Å². The highest BCUT2D eigenvalue weighted by Gasteiger charge is 2.03. The van der Waals surface area contributed by atoms with Crippen molar-refractivity contribution in [2.24, 2.45) is 0 Å². The molecule has 0 bridgehead atoms. The SMILES string of the molecule is CCCCCC=CCC=CCCCCCCCCOC(=O)OCCCCCCCCCCCCCCCCCCCCCC. The Morgan fingerprint density at radius 1 is 0.364 bits per heavy atom. The fourth-order valence-corrected chi connectivity index (χ4v) is 5.80. The van der Waals surface area contributed by atoms with E-state index in [0.717, 1.165) is 32.1 Å². The average Bonchev–Trinajstić information content (AvgIpc) is 3.03. The molecule has 0 aliphatic heterocycles. The Hall–Kier alpha value is -1.25. The normalized spacial score (nSPS) is 11.7. The van der Waals surface area contributed by atoms with Crippen molar-refractivity contribution in [1.82, 2.24) is 0 Å². The van der Waals surface area contributed by atoms with Crippen LogP contribution in [-0.2, 0) is 9.47 Å². The lowest BCUT2D eigenvalue weighted by molar-refractivity contribution is 0.0529. The zero-order valence-electron chi connectivity index (χ0n) is 30.1. The molecule has 44 heavy (non-hydrogen) atoms. The lowest BCUT2D eigenvalue weighted by Gasteiger charge is -2.06. The number of rotatable bonds is 36. The summed E-state index contributed by atoms with van der Waals surface area (Å²) in [5.74, 6) is 0. The van der Waals surface area contributed by atoms with Crippen LogP contribution < -0.4 is 0 Å². The second kappa shape index (κ2) is 39.8. The third-order valence-corrected chi connectivity index (χ3v) is 8.78. The minimum Gasteiger partial charge on any atom is -0.434 e. The quantitative estimate of drug-likeness (QED) is 0.0398. The van der Waals surface area contributed by atoms with E-state index in [2.05, 4.69) is 38.2 Å². The predicted octanol–water partition coefficient (Wildman–Crippen LogP) is 14.8. The van der Waals surface area contributed by atoms with E-state index >= 15 is 0 Å². The Balaban J connectivity index is 3.19. The van der Waals surface area contributed by atoms with Gasteiger partial charge in [-0.05, 0) is 44.9 Å². The molecule has 0 aliphatic rings. The molecule has 0 heterocycles. The van der Waals surface area contributed by atoms with Crippen LogP contribution in [0.1, 0.15) is 219 Å². The van der Waals surface area contributed by atoms with Crippen LogP contribution in [0, 0.1) is 0 Å². The van der Waals surface area contributed by atoms with Crippen LogP contribution in [0.25, 0.3) is 0 Å². The minimum atomic E-state index is -0.481. The summed E-state index contributed by atoms with van der Waals surface area (Å²) in [6, 6.07) is 0. The molecule has 260 valence electrons. The fraction of sp³-hybridized carbons (Fsp3) is 0.878. The molecule has 0 fully saturated rings. The van der Waals surface area contributed by atoms with Crippen LogP contribution in [-0.4, -0.2) is 19.4 Å². The van der Waals surface area contributed by atoms with Crippen molar-refractivity contribution in [2.75, 3.05) is 13.2 Å². The first kappa shape index (κ1) is 42.8. The van der Waals surface area contributed by atoms with Gasteiger partial charge < -0.3 is 9.47 Å². The van der Waals surface area contributed by atoms with Gasteiger partial charge in [-0.15, -0.1) is 0 Å². The molecule has 0 unspecified atom stereocenters. The molecule has 0 aromatic heterocycles. The molecule has 0 radical (unpaired) electrons. The minimum absolute atomic E-state index is 0.481. The van der Waals surface area contributed by atoms with E-state index < -0.39 is 6.16 Å². The van der Waals surface area contributed by atoms with Crippen LogP contribution >= 0.6 is 0 Å². The van der Waals surface area contributed by atoms with E-state index in [9.17, 15) is 4.79 Å². The van der Waals surface area contributed by atoms with Crippen molar-refractivity contribution in [2.45, 2.75) is 219 Å². The van der Waals surface area contributed by atoms with Gasteiger partial charge in [-0.3, -0.25) is 0 Å². The number of carbonyl (C=O) groups excluding carboxylic acids is 1. The summed E-state index contributed by atoms with van der Waals surface area (Å²) in [5.41, 5.74) is 0. The van der Waals surface area contributed by atoms with Crippen LogP contribution in [0.5, 0.6) is 0 Å². The first-order valence-electron chi connectivity index (χ1n) is 19.9. The molecule has 0 aliphatic carbocycles. The molecule has 0 spiro atoms. The molecule has 0 atom stereocenters. The second-order valence-corrected chi connectivity index (χ2v) is 13.2. The maximum absolute atomic E-state index is 11.7. The number of unbranched alkanes of at least 4 members (excludes halogenated alkanes) is 28. The number of allylic oxidation sites excluding steroid dienone is 4. The highest BCUT2D eigenvalue weighted by molar-refractivity contribution is 5.59. The molecule has 3 heteroatoms. The third-order valence-electron chi connectivity index (χ3n) is 8.78. The Labute approximate surface area is 276 Å². The summed E-state index contributed by atoms with van der Waals surface area (Å²) in [6.07, 6.45) is 50.9. The lowest BCUT2D eigenvalue weighted by atomic mass is 10.0. The summed E-state index contributed by atoms with van der Waals surface area (Å²) < 4.78 is 10.5. The van der Waals surface area contributed by atoms with Crippen molar-refractivity contribution in [1.29, 1.82) is 0 Å². The van der Waals surface area contributed by atoms with Crippen molar-refractivity contribution < 1.29 is 14.3 Å². The molecule has 3 nitrogen and oxygen atoms in total. The van der Waals surface area contributed by atoms with Crippen molar-refractivity contribution >= 4 is 6.16 Å². The van der Waals surface area contributed by atoms with E-state index in [1.165, 1.54) is 173 Å². The Morgan fingerprint density at radius 3 is 1.00 bits per heavy atom. The summed E-state index contributed by atoms with van der Waals surface area (Å²) >= 11 is 0. The van der Waals surface area contributed by atoms with Gasteiger partial charge in [-0.2, -0.15) is 0 Å². The highest BCUT2D eigenvalue weighted by Crippen LogP contribution is 2.15. The second-order valence-electron chi connectivity index (χ2n) is 13.2. The van der Waals surface area contributed by atoms with E-state index in [1.807, 2.05) is 0 Å². The van der Waals surface area contributed by atoms with Crippen LogP contribution in [0.15, 0.2) is 24.3 Å². The number of hydrogen-bond donors (Lipinski definition) is 0. The first-order valence-corrected chi connectivity index (χ1v) is 19.9. The lowest BCUT2D eigenvalue weighted by Crippen LogP contribution is -2.09. The zero-order chi connectivity index (χ0) is 31.9. The highest BCUT2D eigenvalue weighted by atomic mass is 16.7. The summed E-state index contributed by atoms with van der Waals surface area (Å²) in [5, 5.41) is 0. The molecule has 0 rings (SSSR count). The van der Waals surface area contributed by atoms with E-state index in [0.29, 0.717) is 13.2 Å². The Bertz CT molecular complexity index is 597. The van der Waals surface area contributed by atoms with Gasteiger partial charge >= 0.3 is 6.16 Å². The van der Waals surface area contributed by atoms with Crippen molar-refractivity contribution in [3.8, 4) is 0 Å². The maximum Gasteiger partial charge on any atom is 0.508 e. The van der Waals surface area contributed by atoms with Crippen molar-refractivity contribution in [3.63, 3.8) is 0 Å². The molecule has 0 saturated heterocycles. The van der Waals surface area contributed by atoms with Gasteiger partial charge in [0.25, 0.3) is 0 Å². The predicted molar refractivity (Wildman–Crippen MR) is 195 cm³/mol. The Morgan fingerprint density at radius 2 is 0.636 bits per heavy atom. The first-order chi connectivity index (χ1) is 21.8. The van der Waals surface area contributed by atoms with Crippen LogP contribution in [0.4, 0.5) is 4.79 Å². The number of carbonyl (C=O) groups is 1. The van der Waals surface area contributed by atoms with Gasteiger partial charge in [0.15, 0.2) is 0 Å². The van der Waals surface area contributed by atoms with Gasteiger partial charge in [0, 0.05) is 0 Å². The number of ether oxygens (including phenoxy) is 2. The molecule has 0 amide bonds. The average molecular weight is 619 g/mol. The van der Waals surface area contributed by atoms with Crippen LogP contribution in [0.2, 0.25) is 0 Å². The zero-order valence-corrected chi connectivity index (χ0v) is 30.1. The molecule has 0 saturated carbocycles. The monoisotopic (exact) mass is 619 g/mol. The van der Waals surface area contributed by atoms with E-state index in [-0.39, 0.29) is 0 Å². The van der Waals surface area contributed by atoms with Crippen molar-refractivity contribution in [3.05, 3.63) is 24.3 Å². The van der Waals surface area contributed by atoms with Crippen LogP contribution in [0.3, 0.4) is 0 Å². The summed E-state index contributed by atoms with van der Waals surface area (Å²) in [4.78, 5) is 11.7. The third kappa shape index (κ3) is 38.8. The Kier molecular flexibility index (Phi) is 38.6. The van der Waals surface area contributed by atoms with E-state index in [1.54, 1.807) is 0 Å². The maximum atomic E-state index is 11.7. The van der Waals surface area contributed by atoms with Gasteiger partial charge in [0.1, 0.15) is 0 Å². The fourth-order valence-electron chi connectivity index (χ4n) is 5.80. The van der Waals surface area contributed by atoms with Gasteiger partial charge in [0.05, 0.1) is 13.2 Å². The topological polar surface area (TPSA) is 35.5 Å². The number of hydrogen-bond acceptors (Lipinski definition) is 3. The van der Waals surface area contributed by atoms with Gasteiger partial charge in [0.2, 0.25) is 0 Å².